The minimum atomic E-state index is -4.32. The molecule has 0 aliphatic heterocycles. The number of aliphatic hydroxyl groups is 1. The first kappa shape index (κ1) is 15.5. The number of hydrogen-bond donors (Lipinski definition) is 2. The van der Waals surface area contributed by atoms with E-state index in [1.54, 1.807) is 0 Å². The molecule has 0 radical (unpaired) electrons. The maximum absolute atomic E-state index is 12.5. The second kappa shape index (κ2) is 6.74. The van der Waals surface area contributed by atoms with E-state index in [4.69, 9.17) is 0 Å². The summed E-state index contributed by atoms with van der Waals surface area (Å²) >= 11 is 0. The van der Waals surface area contributed by atoms with Crippen molar-refractivity contribution >= 4 is 0 Å². The Balaban J connectivity index is 1.99. The Morgan fingerprint density at radius 2 is 1.57 bits per heavy atom. The van der Waals surface area contributed by atoms with Crippen LogP contribution in [0, 0.1) is 0 Å². The molecule has 2 aromatic carbocycles. The molecule has 0 fully saturated rings. The second-order valence-corrected chi connectivity index (χ2v) is 4.72. The van der Waals surface area contributed by atoms with E-state index in [0.717, 1.165) is 23.3 Å². The van der Waals surface area contributed by atoms with Gasteiger partial charge in [0.05, 0.1) is 18.2 Å². The number of aliphatic hydroxyl groups excluding tert-OH is 1. The van der Waals surface area contributed by atoms with Crippen LogP contribution in [0.1, 0.15) is 22.7 Å². The van der Waals surface area contributed by atoms with Crippen LogP contribution in [0.25, 0.3) is 0 Å². The highest BCUT2D eigenvalue weighted by Crippen LogP contribution is 2.29. The summed E-state index contributed by atoms with van der Waals surface area (Å²) in [5.74, 6) is 0. The first-order chi connectivity index (χ1) is 10.0. The molecule has 0 aliphatic carbocycles. The van der Waals surface area contributed by atoms with Gasteiger partial charge in [0.25, 0.3) is 0 Å². The minimum absolute atomic E-state index is 0.0787. The third kappa shape index (κ3) is 4.31. The van der Waals surface area contributed by atoms with Crippen molar-refractivity contribution in [2.24, 2.45) is 0 Å². The van der Waals surface area contributed by atoms with E-state index in [2.05, 4.69) is 5.32 Å². The lowest BCUT2D eigenvalue weighted by molar-refractivity contribution is -0.137. The normalized spacial score (nSPS) is 13.1. The van der Waals surface area contributed by atoms with Crippen LogP contribution >= 0.6 is 0 Å². The second-order valence-electron chi connectivity index (χ2n) is 4.72. The summed E-state index contributed by atoms with van der Waals surface area (Å²) in [6, 6.07) is 14.2. The third-order valence-electron chi connectivity index (χ3n) is 3.22. The number of nitrogens with one attached hydrogen (secondary N) is 1. The number of halogens is 3. The van der Waals surface area contributed by atoms with E-state index in [0.29, 0.717) is 6.54 Å². The molecule has 2 N–H and O–H groups in total. The molecule has 0 aliphatic rings. The Hall–Kier alpha value is -1.85. The van der Waals surface area contributed by atoms with Crippen LogP contribution in [-0.2, 0) is 12.7 Å². The molecule has 5 heteroatoms. The maximum Gasteiger partial charge on any atom is 0.416 e. The van der Waals surface area contributed by atoms with E-state index in [1.807, 2.05) is 30.3 Å². The number of alkyl halides is 3. The first-order valence-electron chi connectivity index (χ1n) is 6.56. The smallest absolute Gasteiger partial charge is 0.394 e. The average molecular weight is 295 g/mol. The highest BCUT2D eigenvalue weighted by molar-refractivity contribution is 5.25. The van der Waals surface area contributed by atoms with Gasteiger partial charge >= 0.3 is 6.18 Å². The number of hydrogen-bond acceptors (Lipinski definition) is 2. The van der Waals surface area contributed by atoms with Crippen molar-refractivity contribution in [2.45, 2.75) is 18.8 Å². The van der Waals surface area contributed by atoms with E-state index in [-0.39, 0.29) is 12.6 Å². The van der Waals surface area contributed by atoms with Crippen molar-refractivity contribution in [1.29, 1.82) is 0 Å². The molecule has 1 unspecified atom stereocenters. The van der Waals surface area contributed by atoms with E-state index in [1.165, 1.54) is 12.1 Å². The molecule has 0 saturated carbocycles. The largest absolute Gasteiger partial charge is 0.416 e. The zero-order chi connectivity index (χ0) is 15.3. The summed E-state index contributed by atoms with van der Waals surface area (Å²) < 4.78 is 37.4. The molecule has 0 amide bonds. The van der Waals surface area contributed by atoms with Gasteiger partial charge in [0.1, 0.15) is 0 Å². The Kier molecular flexibility index (Phi) is 4.98. The Labute approximate surface area is 121 Å². The lowest BCUT2D eigenvalue weighted by Gasteiger charge is -2.17. The summed E-state index contributed by atoms with van der Waals surface area (Å²) in [6.07, 6.45) is -4.32. The molecular formula is C16H16F3NO. The molecule has 2 nitrogen and oxygen atoms in total. The van der Waals surface area contributed by atoms with Crippen LogP contribution < -0.4 is 5.32 Å². The van der Waals surface area contributed by atoms with Crippen LogP contribution in [0.15, 0.2) is 54.6 Å². The zero-order valence-electron chi connectivity index (χ0n) is 11.3. The fourth-order valence-corrected chi connectivity index (χ4v) is 2.03. The van der Waals surface area contributed by atoms with Crippen molar-refractivity contribution in [3.05, 3.63) is 71.3 Å². The average Bonchev–Trinajstić information content (AvgIpc) is 2.48. The van der Waals surface area contributed by atoms with Crippen molar-refractivity contribution in [3.8, 4) is 0 Å². The SMILES string of the molecule is OCC(NCc1ccc(C(F)(F)F)cc1)c1ccccc1. The summed E-state index contributed by atoms with van der Waals surface area (Å²) in [5.41, 5.74) is 1.01. The van der Waals surface area contributed by atoms with Crippen molar-refractivity contribution in [2.75, 3.05) is 6.61 Å². The van der Waals surface area contributed by atoms with Crippen LogP contribution in [0.5, 0.6) is 0 Å². The fraction of sp³-hybridized carbons (Fsp3) is 0.250. The monoisotopic (exact) mass is 295 g/mol. The van der Waals surface area contributed by atoms with Crippen LogP contribution in [0.4, 0.5) is 13.2 Å². The Bertz CT molecular complexity index is 552. The summed E-state index contributed by atoms with van der Waals surface area (Å²) in [4.78, 5) is 0. The standard InChI is InChI=1S/C16H16F3NO/c17-16(18,19)14-8-6-12(7-9-14)10-20-15(11-21)13-4-2-1-3-5-13/h1-9,15,20-21H,10-11H2. The molecule has 0 spiro atoms. The van der Waals surface area contributed by atoms with Gasteiger partial charge in [-0.2, -0.15) is 13.2 Å². The summed E-state index contributed by atoms with van der Waals surface area (Å²) in [5, 5.41) is 12.5. The Morgan fingerprint density at radius 1 is 0.952 bits per heavy atom. The zero-order valence-corrected chi connectivity index (χ0v) is 11.3. The fourth-order valence-electron chi connectivity index (χ4n) is 2.03. The van der Waals surface area contributed by atoms with Gasteiger partial charge in [0.2, 0.25) is 0 Å². The van der Waals surface area contributed by atoms with Gasteiger partial charge in [0.15, 0.2) is 0 Å². The summed E-state index contributed by atoms with van der Waals surface area (Å²) in [6.45, 7) is 0.308. The van der Waals surface area contributed by atoms with E-state index in [9.17, 15) is 18.3 Å². The van der Waals surface area contributed by atoms with Gasteiger partial charge in [-0.15, -0.1) is 0 Å². The van der Waals surface area contributed by atoms with Crippen molar-refractivity contribution in [1.82, 2.24) is 5.32 Å². The minimum Gasteiger partial charge on any atom is -0.394 e. The molecule has 0 bridgehead atoms. The maximum atomic E-state index is 12.5. The molecule has 0 saturated heterocycles. The lowest BCUT2D eigenvalue weighted by atomic mass is 10.1. The first-order valence-corrected chi connectivity index (χ1v) is 6.56. The topological polar surface area (TPSA) is 32.3 Å². The van der Waals surface area contributed by atoms with E-state index < -0.39 is 11.7 Å². The molecular weight excluding hydrogens is 279 g/mol. The molecule has 112 valence electrons. The van der Waals surface area contributed by atoms with E-state index >= 15 is 0 Å². The molecule has 2 rings (SSSR count). The molecule has 0 aromatic heterocycles. The van der Waals surface area contributed by atoms with Gasteiger partial charge in [-0.3, -0.25) is 0 Å². The molecule has 2 aromatic rings. The van der Waals surface area contributed by atoms with Crippen LogP contribution in [0.2, 0.25) is 0 Å². The third-order valence-corrected chi connectivity index (χ3v) is 3.22. The summed E-state index contributed by atoms with van der Waals surface area (Å²) in [7, 11) is 0. The lowest BCUT2D eigenvalue weighted by Crippen LogP contribution is -2.24. The molecule has 21 heavy (non-hydrogen) atoms. The van der Waals surface area contributed by atoms with Crippen LogP contribution in [0.3, 0.4) is 0 Å². The van der Waals surface area contributed by atoms with Gasteiger partial charge in [-0.25, -0.2) is 0 Å². The number of benzene rings is 2. The highest BCUT2D eigenvalue weighted by Gasteiger charge is 2.29. The highest BCUT2D eigenvalue weighted by atomic mass is 19.4. The van der Waals surface area contributed by atoms with Crippen molar-refractivity contribution < 1.29 is 18.3 Å². The molecule has 0 heterocycles. The quantitative estimate of drug-likeness (QED) is 0.884. The van der Waals surface area contributed by atoms with Gasteiger partial charge in [0, 0.05) is 6.54 Å². The predicted octanol–water partition coefficient (Wildman–Crippen LogP) is 3.53. The van der Waals surface area contributed by atoms with Crippen LogP contribution in [-0.4, -0.2) is 11.7 Å². The Morgan fingerprint density at radius 3 is 2.10 bits per heavy atom. The van der Waals surface area contributed by atoms with Crippen molar-refractivity contribution in [3.63, 3.8) is 0 Å². The van der Waals surface area contributed by atoms with Gasteiger partial charge in [-0.05, 0) is 23.3 Å². The number of rotatable bonds is 5. The van der Waals surface area contributed by atoms with Gasteiger partial charge in [-0.1, -0.05) is 42.5 Å². The van der Waals surface area contributed by atoms with Gasteiger partial charge < -0.3 is 10.4 Å². The molecule has 1 atom stereocenters. The predicted molar refractivity (Wildman–Crippen MR) is 74.6 cm³/mol.